The van der Waals surface area contributed by atoms with Crippen molar-refractivity contribution < 1.29 is 4.79 Å². The fourth-order valence-corrected chi connectivity index (χ4v) is 2.18. The number of carbonyl (C=O) groups excluding carboxylic acids is 1. The molecule has 0 atom stereocenters. The number of terminal acetylenes is 1. The van der Waals surface area contributed by atoms with Crippen LogP contribution in [-0.2, 0) is 0 Å². The lowest BCUT2D eigenvalue weighted by molar-refractivity contribution is 0.0770. The third-order valence-electron chi connectivity index (χ3n) is 3.41. The van der Waals surface area contributed by atoms with E-state index in [1.165, 1.54) is 12.8 Å². The second-order valence-corrected chi connectivity index (χ2v) is 4.97. The summed E-state index contributed by atoms with van der Waals surface area (Å²) in [5, 5.41) is 0. The number of amides is 1. The smallest absolute Gasteiger partial charge is 0.254 e. The van der Waals surface area contributed by atoms with Gasteiger partial charge in [0, 0.05) is 18.3 Å². The Hall–Kier alpha value is -2.28. The molecule has 4 nitrogen and oxygen atoms in total. The third-order valence-corrected chi connectivity index (χ3v) is 3.41. The van der Waals surface area contributed by atoms with E-state index in [9.17, 15) is 4.79 Å². The summed E-state index contributed by atoms with van der Waals surface area (Å²) >= 11 is 0. The van der Waals surface area contributed by atoms with Gasteiger partial charge in [-0.15, -0.1) is 6.42 Å². The molecule has 3 rings (SSSR count). The zero-order chi connectivity index (χ0) is 13.2. The molecule has 0 unspecified atom stereocenters. The lowest BCUT2D eigenvalue weighted by atomic mass is 10.2. The normalized spacial score (nSPS) is 14.3. The van der Waals surface area contributed by atoms with Crippen LogP contribution in [-0.4, -0.2) is 33.3 Å². The molecule has 2 heterocycles. The SMILES string of the molecule is C#CCN(CC1CC1)C(=O)c1ccn2cncc2c1. The van der Waals surface area contributed by atoms with Crippen molar-refractivity contribution in [3.05, 3.63) is 36.4 Å². The first-order valence-electron chi connectivity index (χ1n) is 6.42. The average Bonchev–Trinajstić information content (AvgIpc) is 3.11. The Kier molecular flexibility index (Phi) is 2.96. The average molecular weight is 253 g/mol. The Labute approximate surface area is 112 Å². The van der Waals surface area contributed by atoms with E-state index in [2.05, 4.69) is 10.9 Å². The Bertz CT molecular complexity index is 649. The van der Waals surface area contributed by atoms with Gasteiger partial charge in [-0.2, -0.15) is 0 Å². The predicted molar refractivity (Wildman–Crippen MR) is 72.7 cm³/mol. The van der Waals surface area contributed by atoms with Crippen molar-refractivity contribution in [1.82, 2.24) is 14.3 Å². The van der Waals surface area contributed by atoms with Crippen molar-refractivity contribution in [3.8, 4) is 12.3 Å². The van der Waals surface area contributed by atoms with E-state index in [1.807, 2.05) is 22.7 Å². The zero-order valence-corrected chi connectivity index (χ0v) is 10.6. The second kappa shape index (κ2) is 4.77. The van der Waals surface area contributed by atoms with E-state index in [0.717, 1.165) is 12.1 Å². The van der Waals surface area contributed by atoms with Gasteiger partial charge in [0.2, 0.25) is 0 Å². The number of nitrogens with zero attached hydrogens (tertiary/aromatic N) is 3. The predicted octanol–water partition coefficient (Wildman–Crippen LogP) is 1.82. The molecule has 0 aromatic carbocycles. The highest BCUT2D eigenvalue weighted by atomic mass is 16.2. The van der Waals surface area contributed by atoms with E-state index in [-0.39, 0.29) is 5.91 Å². The van der Waals surface area contributed by atoms with Crippen LogP contribution in [0.5, 0.6) is 0 Å². The molecule has 0 saturated heterocycles. The molecule has 1 aliphatic carbocycles. The first kappa shape index (κ1) is 11.8. The highest BCUT2D eigenvalue weighted by molar-refractivity contribution is 5.95. The van der Waals surface area contributed by atoms with Crippen molar-refractivity contribution >= 4 is 11.4 Å². The van der Waals surface area contributed by atoms with Crippen molar-refractivity contribution in [2.75, 3.05) is 13.1 Å². The highest BCUT2D eigenvalue weighted by Crippen LogP contribution is 2.30. The molecule has 0 N–H and O–H groups in total. The molecule has 1 saturated carbocycles. The van der Waals surface area contributed by atoms with E-state index < -0.39 is 0 Å². The Morgan fingerprint density at radius 2 is 2.42 bits per heavy atom. The lowest BCUT2D eigenvalue weighted by Crippen LogP contribution is -2.33. The number of aromatic nitrogens is 2. The quantitative estimate of drug-likeness (QED) is 0.779. The Morgan fingerprint density at radius 1 is 1.58 bits per heavy atom. The Morgan fingerprint density at radius 3 is 3.16 bits per heavy atom. The van der Waals surface area contributed by atoms with Crippen LogP contribution in [0.3, 0.4) is 0 Å². The van der Waals surface area contributed by atoms with Crippen LogP contribution in [0.4, 0.5) is 0 Å². The summed E-state index contributed by atoms with van der Waals surface area (Å²) in [4.78, 5) is 18.3. The molecule has 0 aliphatic heterocycles. The van der Waals surface area contributed by atoms with Gasteiger partial charge in [-0.3, -0.25) is 4.79 Å². The molecule has 4 heteroatoms. The van der Waals surface area contributed by atoms with Crippen LogP contribution in [0, 0.1) is 18.3 Å². The minimum absolute atomic E-state index is 0.00792. The minimum Gasteiger partial charge on any atom is -0.327 e. The molecule has 0 radical (unpaired) electrons. The number of fused-ring (bicyclic) bond motifs is 1. The van der Waals surface area contributed by atoms with E-state index in [1.54, 1.807) is 17.4 Å². The van der Waals surface area contributed by atoms with Gasteiger partial charge in [-0.05, 0) is 30.9 Å². The molecule has 1 amide bonds. The maximum Gasteiger partial charge on any atom is 0.254 e. The van der Waals surface area contributed by atoms with Crippen LogP contribution in [0.25, 0.3) is 5.52 Å². The van der Waals surface area contributed by atoms with Gasteiger partial charge in [0.15, 0.2) is 0 Å². The van der Waals surface area contributed by atoms with Crippen LogP contribution >= 0.6 is 0 Å². The molecular formula is C15H15N3O. The number of imidazole rings is 1. The van der Waals surface area contributed by atoms with Crippen LogP contribution in [0.1, 0.15) is 23.2 Å². The molecule has 96 valence electrons. The van der Waals surface area contributed by atoms with E-state index in [0.29, 0.717) is 18.0 Å². The third kappa shape index (κ3) is 2.45. The maximum atomic E-state index is 12.5. The van der Waals surface area contributed by atoms with Gasteiger partial charge in [-0.25, -0.2) is 4.98 Å². The minimum atomic E-state index is 0.00792. The molecule has 1 fully saturated rings. The molecule has 0 spiro atoms. The van der Waals surface area contributed by atoms with Gasteiger partial charge < -0.3 is 9.30 Å². The number of rotatable bonds is 4. The first-order chi connectivity index (χ1) is 9.28. The number of pyridine rings is 1. The summed E-state index contributed by atoms with van der Waals surface area (Å²) in [5.41, 5.74) is 1.59. The van der Waals surface area contributed by atoms with Gasteiger partial charge in [0.1, 0.15) is 0 Å². The van der Waals surface area contributed by atoms with Crippen molar-refractivity contribution in [3.63, 3.8) is 0 Å². The van der Waals surface area contributed by atoms with Crippen molar-refractivity contribution in [2.24, 2.45) is 5.92 Å². The summed E-state index contributed by atoms with van der Waals surface area (Å²) in [5.74, 6) is 3.21. The highest BCUT2D eigenvalue weighted by Gasteiger charge is 2.26. The molecule has 2 aromatic rings. The van der Waals surface area contributed by atoms with Gasteiger partial charge in [-0.1, -0.05) is 5.92 Å². The van der Waals surface area contributed by atoms with Crippen LogP contribution in [0.2, 0.25) is 0 Å². The molecule has 0 bridgehead atoms. The topological polar surface area (TPSA) is 37.6 Å². The molecule has 2 aromatic heterocycles. The monoisotopic (exact) mass is 253 g/mol. The number of carbonyl (C=O) groups is 1. The van der Waals surface area contributed by atoms with Gasteiger partial charge in [0.25, 0.3) is 5.91 Å². The molecule has 1 aliphatic rings. The van der Waals surface area contributed by atoms with Crippen molar-refractivity contribution in [1.29, 1.82) is 0 Å². The molecular weight excluding hydrogens is 238 g/mol. The fraction of sp³-hybridized carbons (Fsp3) is 0.333. The lowest BCUT2D eigenvalue weighted by Gasteiger charge is -2.20. The summed E-state index contributed by atoms with van der Waals surface area (Å²) in [6, 6.07) is 3.67. The summed E-state index contributed by atoms with van der Waals surface area (Å²) < 4.78 is 1.88. The van der Waals surface area contributed by atoms with E-state index in [4.69, 9.17) is 6.42 Å². The van der Waals surface area contributed by atoms with Crippen LogP contribution in [0.15, 0.2) is 30.9 Å². The van der Waals surface area contributed by atoms with E-state index >= 15 is 0 Å². The number of hydrogen-bond acceptors (Lipinski definition) is 2. The number of hydrogen-bond donors (Lipinski definition) is 0. The Balaban J connectivity index is 1.85. The van der Waals surface area contributed by atoms with Gasteiger partial charge >= 0.3 is 0 Å². The maximum absolute atomic E-state index is 12.5. The van der Waals surface area contributed by atoms with Crippen LogP contribution < -0.4 is 0 Å². The second-order valence-electron chi connectivity index (χ2n) is 4.97. The van der Waals surface area contributed by atoms with Gasteiger partial charge in [0.05, 0.1) is 24.6 Å². The fourth-order valence-electron chi connectivity index (χ4n) is 2.18. The van der Waals surface area contributed by atoms with Crippen molar-refractivity contribution in [2.45, 2.75) is 12.8 Å². The summed E-state index contributed by atoms with van der Waals surface area (Å²) in [6.07, 6.45) is 13.1. The zero-order valence-electron chi connectivity index (χ0n) is 10.6. The largest absolute Gasteiger partial charge is 0.327 e. The summed E-state index contributed by atoms with van der Waals surface area (Å²) in [6.45, 7) is 1.15. The first-order valence-corrected chi connectivity index (χ1v) is 6.42. The standard InChI is InChI=1S/C15H15N3O/c1-2-6-17(10-12-3-4-12)15(19)13-5-7-18-11-16-9-14(18)8-13/h1,5,7-9,11-12H,3-4,6,10H2. The summed E-state index contributed by atoms with van der Waals surface area (Å²) in [7, 11) is 0. The molecule has 19 heavy (non-hydrogen) atoms.